The van der Waals surface area contributed by atoms with Gasteiger partial charge in [-0.15, -0.1) is 0 Å². The number of nitrogens with two attached hydrogens (primary N) is 1. The number of hydrogen-bond acceptors (Lipinski definition) is 5. The highest BCUT2D eigenvalue weighted by Crippen LogP contribution is 2.18. The molecule has 1 amide bonds. The molecule has 0 bridgehead atoms. The van der Waals surface area contributed by atoms with Gasteiger partial charge in [-0.25, -0.2) is 9.18 Å². The van der Waals surface area contributed by atoms with Gasteiger partial charge in [0.05, 0.1) is 18.1 Å². The number of anilines is 1. The lowest BCUT2D eigenvalue weighted by Crippen LogP contribution is -2.54. The Morgan fingerprint density at radius 1 is 1.31 bits per heavy atom. The molecule has 0 saturated carbocycles. The molecule has 1 aromatic heterocycles. The van der Waals surface area contributed by atoms with Crippen molar-refractivity contribution in [3.8, 4) is 5.75 Å². The SMILES string of the molecule is Cc1cc(F)cc(CN2CCN(C(=O)Oc3cncc(N)c3)[C@H](C)C2)c1. The fourth-order valence-corrected chi connectivity index (χ4v) is 3.26. The Hall–Kier alpha value is -2.67. The van der Waals surface area contributed by atoms with Gasteiger partial charge in [-0.2, -0.15) is 0 Å². The van der Waals surface area contributed by atoms with Crippen LogP contribution in [-0.4, -0.2) is 46.6 Å². The standard InChI is InChI=1S/C19H23FN4O2/c1-13-5-15(7-16(20)6-13)12-23-3-4-24(14(2)11-23)19(25)26-18-8-17(21)9-22-10-18/h5-10,14H,3-4,11-12,21H2,1-2H3/t14-/m1/s1. The van der Waals surface area contributed by atoms with E-state index in [1.807, 2.05) is 19.9 Å². The predicted molar refractivity (Wildman–Crippen MR) is 97.3 cm³/mol. The minimum absolute atomic E-state index is 0.0140. The molecule has 7 heteroatoms. The van der Waals surface area contributed by atoms with Gasteiger partial charge in [0.15, 0.2) is 5.75 Å². The van der Waals surface area contributed by atoms with Gasteiger partial charge < -0.3 is 15.4 Å². The number of pyridine rings is 1. The van der Waals surface area contributed by atoms with Crippen molar-refractivity contribution in [2.75, 3.05) is 25.4 Å². The Morgan fingerprint density at radius 3 is 2.81 bits per heavy atom. The van der Waals surface area contributed by atoms with E-state index in [0.29, 0.717) is 37.6 Å². The Labute approximate surface area is 152 Å². The molecule has 1 aliphatic heterocycles. The first-order valence-electron chi connectivity index (χ1n) is 8.58. The quantitative estimate of drug-likeness (QED) is 0.913. The van der Waals surface area contributed by atoms with Gasteiger partial charge in [-0.3, -0.25) is 9.88 Å². The molecule has 26 heavy (non-hydrogen) atoms. The molecule has 1 saturated heterocycles. The maximum Gasteiger partial charge on any atom is 0.415 e. The summed E-state index contributed by atoms with van der Waals surface area (Å²) in [5.74, 6) is 0.117. The van der Waals surface area contributed by atoms with Crippen molar-refractivity contribution in [2.24, 2.45) is 0 Å². The number of aryl methyl sites for hydroxylation is 1. The largest absolute Gasteiger partial charge is 0.415 e. The molecular weight excluding hydrogens is 335 g/mol. The van der Waals surface area contributed by atoms with Crippen LogP contribution in [0.15, 0.2) is 36.7 Å². The average molecular weight is 358 g/mol. The first-order valence-corrected chi connectivity index (χ1v) is 8.58. The molecule has 3 rings (SSSR count). The molecule has 0 aliphatic carbocycles. The molecule has 0 unspecified atom stereocenters. The summed E-state index contributed by atoms with van der Waals surface area (Å²) in [7, 11) is 0. The number of aromatic nitrogens is 1. The highest BCUT2D eigenvalue weighted by molar-refractivity contribution is 5.71. The minimum atomic E-state index is -0.411. The third-order valence-electron chi connectivity index (χ3n) is 4.39. The Kier molecular flexibility index (Phi) is 5.37. The van der Waals surface area contributed by atoms with E-state index in [4.69, 9.17) is 10.5 Å². The Morgan fingerprint density at radius 2 is 2.12 bits per heavy atom. The molecule has 1 fully saturated rings. The van der Waals surface area contributed by atoms with Crippen LogP contribution in [0, 0.1) is 12.7 Å². The molecule has 1 aromatic carbocycles. The highest BCUT2D eigenvalue weighted by atomic mass is 19.1. The molecule has 0 spiro atoms. The Bertz CT molecular complexity index is 779. The van der Waals surface area contributed by atoms with Gasteiger partial charge in [0.25, 0.3) is 0 Å². The number of amides is 1. The van der Waals surface area contributed by atoms with Crippen molar-refractivity contribution in [3.63, 3.8) is 0 Å². The van der Waals surface area contributed by atoms with Crippen LogP contribution in [0.25, 0.3) is 0 Å². The number of rotatable bonds is 3. The summed E-state index contributed by atoms with van der Waals surface area (Å²) in [6.45, 7) is 6.45. The molecule has 0 radical (unpaired) electrons. The van der Waals surface area contributed by atoms with Crippen LogP contribution in [-0.2, 0) is 6.54 Å². The highest BCUT2D eigenvalue weighted by Gasteiger charge is 2.29. The molecule has 2 N–H and O–H groups in total. The second-order valence-electron chi connectivity index (χ2n) is 6.74. The lowest BCUT2D eigenvalue weighted by Gasteiger charge is -2.39. The van der Waals surface area contributed by atoms with Crippen LogP contribution in [0.3, 0.4) is 0 Å². The van der Waals surface area contributed by atoms with Gasteiger partial charge in [0.2, 0.25) is 0 Å². The van der Waals surface area contributed by atoms with E-state index in [9.17, 15) is 9.18 Å². The monoisotopic (exact) mass is 358 g/mol. The maximum atomic E-state index is 13.6. The Balaban J connectivity index is 1.58. The summed E-state index contributed by atoms with van der Waals surface area (Å²) in [6, 6.07) is 6.62. The second-order valence-corrected chi connectivity index (χ2v) is 6.74. The number of carbonyl (C=O) groups is 1. The third kappa shape index (κ3) is 4.49. The number of nitrogen functional groups attached to an aromatic ring is 1. The third-order valence-corrected chi connectivity index (χ3v) is 4.39. The van der Waals surface area contributed by atoms with Gasteiger partial charge in [-0.05, 0) is 37.1 Å². The van der Waals surface area contributed by atoms with Crippen molar-refractivity contribution in [1.82, 2.24) is 14.8 Å². The number of benzene rings is 1. The summed E-state index contributed by atoms with van der Waals surface area (Å²) in [4.78, 5) is 20.2. The van der Waals surface area contributed by atoms with Crippen LogP contribution < -0.4 is 10.5 Å². The topological polar surface area (TPSA) is 71.7 Å². The summed E-state index contributed by atoms with van der Waals surface area (Å²) >= 11 is 0. The summed E-state index contributed by atoms with van der Waals surface area (Å²) < 4.78 is 18.9. The number of nitrogens with zero attached hydrogens (tertiary/aromatic N) is 3. The molecule has 1 aliphatic rings. The van der Waals surface area contributed by atoms with E-state index < -0.39 is 6.09 Å². The summed E-state index contributed by atoms with van der Waals surface area (Å²) in [5, 5.41) is 0. The van der Waals surface area contributed by atoms with Crippen molar-refractivity contribution in [2.45, 2.75) is 26.4 Å². The zero-order chi connectivity index (χ0) is 18.7. The van der Waals surface area contributed by atoms with E-state index in [-0.39, 0.29) is 11.9 Å². The number of hydrogen-bond donors (Lipinski definition) is 1. The van der Waals surface area contributed by atoms with Crippen molar-refractivity contribution in [3.05, 3.63) is 53.6 Å². The molecule has 2 heterocycles. The fourth-order valence-electron chi connectivity index (χ4n) is 3.26. The lowest BCUT2D eigenvalue weighted by molar-refractivity contribution is 0.0752. The smallest absolute Gasteiger partial charge is 0.408 e. The van der Waals surface area contributed by atoms with Gasteiger partial charge in [-0.1, -0.05) is 6.07 Å². The molecule has 2 aromatic rings. The maximum absolute atomic E-state index is 13.6. The van der Waals surface area contributed by atoms with Crippen molar-refractivity contribution < 1.29 is 13.9 Å². The fraction of sp³-hybridized carbons (Fsp3) is 0.368. The summed E-state index contributed by atoms with van der Waals surface area (Å²) in [5.41, 5.74) is 7.94. The lowest BCUT2D eigenvalue weighted by atomic mass is 10.1. The average Bonchev–Trinajstić information content (AvgIpc) is 2.53. The van der Waals surface area contributed by atoms with E-state index in [1.165, 1.54) is 18.5 Å². The van der Waals surface area contributed by atoms with Gasteiger partial charge >= 0.3 is 6.09 Å². The summed E-state index contributed by atoms with van der Waals surface area (Å²) in [6.07, 6.45) is 2.54. The normalized spacial score (nSPS) is 18.0. The zero-order valence-corrected chi connectivity index (χ0v) is 15.0. The number of piperazine rings is 1. The minimum Gasteiger partial charge on any atom is -0.408 e. The number of ether oxygens (including phenoxy) is 1. The second kappa shape index (κ2) is 7.70. The van der Waals surface area contributed by atoms with Crippen LogP contribution in [0.4, 0.5) is 14.9 Å². The van der Waals surface area contributed by atoms with E-state index in [2.05, 4.69) is 9.88 Å². The van der Waals surface area contributed by atoms with E-state index >= 15 is 0 Å². The van der Waals surface area contributed by atoms with Crippen LogP contribution in [0.5, 0.6) is 5.75 Å². The number of carbonyl (C=O) groups excluding carboxylic acids is 1. The molecule has 138 valence electrons. The van der Waals surface area contributed by atoms with Crippen molar-refractivity contribution in [1.29, 1.82) is 0 Å². The van der Waals surface area contributed by atoms with Crippen LogP contribution >= 0.6 is 0 Å². The first kappa shape index (κ1) is 18.1. The molecule has 1 atom stereocenters. The zero-order valence-electron chi connectivity index (χ0n) is 15.0. The van der Waals surface area contributed by atoms with Crippen LogP contribution in [0.2, 0.25) is 0 Å². The van der Waals surface area contributed by atoms with Crippen molar-refractivity contribution >= 4 is 11.8 Å². The molecular formula is C19H23FN4O2. The van der Waals surface area contributed by atoms with Gasteiger partial charge in [0.1, 0.15) is 5.82 Å². The van der Waals surface area contributed by atoms with E-state index in [0.717, 1.165) is 11.1 Å². The van der Waals surface area contributed by atoms with Gasteiger partial charge in [0, 0.05) is 38.3 Å². The predicted octanol–water partition coefficient (Wildman–Crippen LogP) is 2.82. The number of halogens is 1. The molecule has 6 nitrogen and oxygen atoms in total. The first-order chi connectivity index (χ1) is 12.4. The van der Waals surface area contributed by atoms with Crippen LogP contribution in [0.1, 0.15) is 18.1 Å². The van der Waals surface area contributed by atoms with E-state index in [1.54, 1.807) is 17.0 Å².